The SMILES string of the molecule is CCc1cccc(C2=NC3(CCC(C(C)C)CC3)N(C(CC)c3ccc(C(=O)NCCC(=O)O)cc3)C2=O)c1. The Morgan fingerprint density at radius 3 is 2.38 bits per heavy atom. The maximum absolute atomic E-state index is 14.2. The fraction of sp³-hybridized carbons (Fsp3) is 0.500. The molecule has 1 aliphatic carbocycles. The Kier molecular flexibility index (Phi) is 8.88. The van der Waals surface area contributed by atoms with E-state index in [1.54, 1.807) is 12.1 Å². The van der Waals surface area contributed by atoms with Gasteiger partial charge in [0.2, 0.25) is 0 Å². The Morgan fingerprint density at radius 1 is 1.10 bits per heavy atom. The number of hydrogen-bond acceptors (Lipinski definition) is 4. The summed E-state index contributed by atoms with van der Waals surface area (Å²) in [5.41, 5.74) is 3.50. The van der Waals surface area contributed by atoms with Crippen molar-refractivity contribution in [3.63, 3.8) is 0 Å². The second-order valence-electron chi connectivity index (χ2n) is 11.2. The van der Waals surface area contributed by atoms with Crippen molar-refractivity contribution in [1.29, 1.82) is 0 Å². The van der Waals surface area contributed by atoms with Crippen LogP contribution in [-0.4, -0.2) is 45.7 Å². The Hall–Kier alpha value is -3.48. The smallest absolute Gasteiger partial charge is 0.305 e. The minimum absolute atomic E-state index is 0.0198. The van der Waals surface area contributed by atoms with Crippen LogP contribution in [0.3, 0.4) is 0 Å². The molecule has 1 atom stereocenters. The van der Waals surface area contributed by atoms with Crippen LogP contribution in [-0.2, 0) is 16.0 Å². The molecular formula is C32H41N3O4. The third-order valence-corrected chi connectivity index (χ3v) is 8.45. The predicted octanol–water partition coefficient (Wildman–Crippen LogP) is 5.78. The van der Waals surface area contributed by atoms with Crippen molar-refractivity contribution in [3.05, 3.63) is 70.8 Å². The van der Waals surface area contributed by atoms with Crippen LogP contribution >= 0.6 is 0 Å². The van der Waals surface area contributed by atoms with Crippen LogP contribution in [0.2, 0.25) is 0 Å². The van der Waals surface area contributed by atoms with Gasteiger partial charge in [0, 0.05) is 17.7 Å². The van der Waals surface area contributed by atoms with Crippen molar-refractivity contribution in [1.82, 2.24) is 10.2 Å². The molecule has 2 aromatic carbocycles. The maximum Gasteiger partial charge on any atom is 0.305 e. The molecule has 1 fully saturated rings. The fourth-order valence-electron chi connectivity index (χ4n) is 6.10. The number of aryl methyl sites for hydroxylation is 1. The van der Waals surface area contributed by atoms with Crippen LogP contribution in [0, 0.1) is 11.8 Å². The quantitative estimate of drug-likeness (QED) is 0.406. The number of carboxylic acid groups (broad SMARTS) is 1. The highest BCUT2D eigenvalue weighted by Crippen LogP contribution is 2.47. The summed E-state index contributed by atoms with van der Waals surface area (Å²) in [6, 6.07) is 15.3. The minimum atomic E-state index is -0.953. The lowest BCUT2D eigenvalue weighted by atomic mass is 9.76. The molecule has 0 radical (unpaired) electrons. The molecular weight excluding hydrogens is 490 g/mol. The standard InChI is InChI=1S/C32H41N3O4/c1-5-22-8-7-9-26(20-22)29-31(39)35(32(34-29)17-14-23(15-18-32)21(3)4)27(6-2)24-10-12-25(13-11-24)30(38)33-19-16-28(36)37/h7-13,20-21,23,27H,5-6,14-19H2,1-4H3,(H,33,38)(H,36,37). The number of amides is 2. The number of carbonyl (C=O) groups is 3. The molecule has 1 saturated carbocycles. The van der Waals surface area contributed by atoms with E-state index in [0.717, 1.165) is 49.7 Å². The van der Waals surface area contributed by atoms with Crippen LogP contribution in [0.1, 0.15) is 99.3 Å². The van der Waals surface area contributed by atoms with E-state index in [2.05, 4.69) is 45.1 Å². The van der Waals surface area contributed by atoms with Gasteiger partial charge >= 0.3 is 5.97 Å². The summed E-state index contributed by atoms with van der Waals surface area (Å²) in [6.45, 7) is 8.84. The van der Waals surface area contributed by atoms with Crippen LogP contribution < -0.4 is 5.32 Å². The van der Waals surface area contributed by atoms with Gasteiger partial charge in [0.1, 0.15) is 11.4 Å². The van der Waals surface area contributed by atoms with Gasteiger partial charge in [0.05, 0.1) is 12.5 Å². The molecule has 0 bridgehead atoms. The van der Waals surface area contributed by atoms with Gasteiger partial charge in [0.15, 0.2) is 0 Å². The summed E-state index contributed by atoms with van der Waals surface area (Å²) in [6.07, 6.45) is 5.27. The molecule has 1 spiro atoms. The number of nitrogens with zero attached hydrogens (tertiary/aromatic N) is 2. The zero-order valence-corrected chi connectivity index (χ0v) is 23.6. The van der Waals surface area contributed by atoms with Gasteiger partial charge in [-0.25, -0.2) is 0 Å². The fourth-order valence-corrected chi connectivity index (χ4v) is 6.10. The van der Waals surface area contributed by atoms with Crippen LogP contribution in [0.25, 0.3) is 0 Å². The minimum Gasteiger partial charge on any atom is -0.481 e. The number of hydrogen-bond donors (Lipinski definition) is 2. The Bertz CT molecular complexity index is 1230. The van der Waals surface area contributed by atoms with Gasteiger partial charge in [0.25, 0.3) is 11.8 Å². The van der Waals surface area contributed by atoms with E-state index in [1.807, 2.05) is 29.2 Å². The normalized spacial score (nSPS) is 21.8. The van der Waals surface area contributed by atoms with Gasteiger partial charge in [-0.3, -0.25) is 19.4 Å². The maximum atomic E-state index is 14.2. The summed E-state index contributed by atoms with van der Waals surface area (Å²) in [7, 11) is 0. The van der Waals surface area contributed by atoms with Crippen molar-refractivity contribution >= 4 is 23.5 Å². The van der Waals surface area contributed by atoms with E-state index in [4.69, 9.17) is 10.1 Å². The molecule has 1 heterocycles. The van der Waals surface area contributed by atoms with E-state index >= 15 is 0 Å². The highest BCUT2D eigenvalue weighted by molar-refractivity contribution is 6.46. The van der Waals surface area contributed by atoms with Crippen molar-refractivity contribution in [2.75, 3.05) is 6.54 Å². The molecule has 39 heavy (non-hydrogen) atoms. The molecule has 7 nitrogen and oxygen atoms in total. The van der Waals surface area contributed by atoms with Crippen molar-refractivity contribution in [2.45, 2.75) is 84.3 Å². The summed E-state index contributed by atoms with van der Waals surface area (Å²) in [4.78, 5) is 44.7. The van der Waals surface area contributed by atoms with Gasteiger partial charge in [-0.2, -0.15) is 0 Å². The second-order valence-corrected chi connectivity index (χ2v) is 11.2. The largest absolute Gasteiger partial charge is 0.481 e. The van der Waals surface area contributed by atoms with Gasteiger partial charge in [-0.05, 0) is 79.7 Å². The third-order valence-electron chi connectivity index (χ3n) is 8.45. The topological polar surface area (TPSA) is 99.1 Å². The highest BCUT2D eigenvalue weighted by Gasteiger charge is 2.51. The summed E-state index contributed by atoms with van der Waals surface area (Å²) in [5, 5.41) is 11.5. The van der Waals surface area contributed by atoms with E-state index in [9.17, 15) is 14.4 Å². The molecule has 0 aromatic heterocycles. The Labute approximate surface area is 231 Å². The molecule has 2 aromatic rings. The monoisotopic (exact) mass is 531 g/mol. The van der Waals surface area contributed by atoms with Crippen LogP contribution in [0.15, 0.2) is 53.5 Å². The van der Waals surface area contributed by atoms with Crippen molar-refractivity contribution in [2.24, 2.45) is 16.8 Å². The van der Waals surface area contributed by atoms with Gasteiger partial charge in [-0.1, -0.05) is 58.0 Å². The predicted molar refractivity (Wildman–Crippen MR) is 153 cm³/mol. The Morgan fingerprint density at radius 2 is 1.79 bits per heavy atom. The van der Waals surface area contributed by atoms with Crippen molar-refractivity contribution < 1.29 is 19.5 Å². The second kappa shape index (κ2) is 12.1. The molecule has 1 aliphatic heterocycles. The molecule has 2 N–H and O–H groups in total. The lowest BCUT2D eigenvalue weighted by Gasteiger charge is -2.46. The zero-order chi connectivity index (χ0) is 28.2. The average molecular weight is 532 g/mol. The molecule has 4 rings (SSSR count). The first kappa shape index (κ1) is 28.5. The Balaban J connectivity index is 1.64. The van der Waals surface area contributed by atoms with E-state index in [0.29, 0.717) is 23.1 Å². The molecule has 7 heteroatoms. The number of aliphatic carboxylic acids is 1. The number of nitrogens with one attached hydrogen (secondary N) is 1. The molecule has 1 unspecified atom stereocenters. The lowest BCUT2D eigenvalue weighted by Crippen LogP contribution is -2.51. The number of aliphatic imine (C=N–C) groups is 1. The molecule has 208 valence electrons. The molecule has 0 saturated heterocycles. The lowest BCUT2D eigenvalue weighted by molar-refractivity contribution is -0.137. The number of carboxylic acids is 1. The number of rotatable bonds is 10. The summed E-state index contributed by atoms with van der Waals surface area (Å²) >= 11 is 0. The van der Waals surface area contributed by atoms with E-state index in [1.165, 1.54) is 5.56 Å². The first-order valence-electron chi connectivity index (χ1n) is 14.3. The van der Waals surface area contributed by atoms with E-state index < -0.39 is 11.6 Å². The average Bonchev–Trinajstić information content (AvgIpc) is 3.21. The van der Waals surface area contributed by atoms with Gasteiger partial charge < -0.3 is 15.3 Å². The van der Waals surface area contributed by atoms with E-state index in [-0.39, 0.29) is 30.8 Å². The molecule has 2 aliphatic rings. The van der Waals surface area contributed by atoms with Crippen molar-refractivity contribution in [3.8, 4) is 0 Å². The number of carbonyl (C=O) groups excluding carboxylic acids is 2. The number of benzene rings is 2. The van der Waals surface area contributed by atoms with Gasteiger partial charge in [-0.15, -0.1) is 0 Å². The first-order chi connectivity index (χ1) is 18.7. The first-order valence-corrected chi connectivity index (χ1v) is 14.3. The highest BCUT2D eigenvalue weighted by atomic mass is 16.4. The summed E-state index contributed by atoms with van der Waals surface area (Å²) in [5.74, 6) is -0.0410. The molecule has 2 amide bonds. The van der Waals surface area contributed by atoms with Crippen LogP contribution in [0.5, 0.6) is 0 Å². The zero-order valence-electron chi connectivity index (χ0n) is 23.6. The van der Waals surface area contributed by atoms with Crippen LogP contribution in [0.4, 0.5) is 0 Å². The summed E-state index contributed by atoms with van der Waals surface area (Å²) < 4.78 is 0. The third kappa shape index (κ3) is 6.07.